The third-order valence-corrected chi connectivity index (χ3v) is 6.40. The molecule has 0 spiro atoms. The largest absolute Gasteiger partial charge is 0.480 e. The normalized spacial score (nSPS) is 14.0. The molecular formula is C25H30N2O5S. The van der Waals surface area contributed by atoms with Gasteiger partial charge < -0.3 is 20.5 Å². The molecule has 7 nitrogen and oxygen atoms in total. The highest BCUT2D eigenvalue weighted by Gasteiger charge is 2.30. The van der Waals surface area contributed by atoms with E-state index in [0.717, 1.165) is 22.3 Å². The van der Waals surface area contributed by atoms with Gasteiger partial charge in [0.2, 0.25) is 5.91 Å². The monoisotopic (exact) mass is 470 g/mol. The molecule has 2 amide bonds. The van der Waals surface area contributed by atoms with E-state index in [-0.39, 0.29) is 12.5 Å². The van der Waals surface area contributed by atoms with Crippen LogP contribution in [0.1, 0.15) is 43.2 Å². The number of nitrogens with one attached hydrogen (secondary N) is 2. The highest BCUT2D eigenvalue weighted by molar-refractivity contribution is 7.98. The lowest BCUT2D eigenvalue weighted by Crippen LogP contribution is -2.52. The van der Waals surface area contributed by atoms with Gasteiger partial charge in [0.05, 0.1) is 0 Å². The molecule has 1 aliphatic carbocycles. The quantitative estimate of drug-likeness (QED) is 0.458. The van der Waals surface area contributed by atoms with Crippen molar-refractivity contribution in [3.63, 3.8) is 0 Å². The predicted octanol–water partition coefficient (Wildman–Crippen LogP) is 4.02. The van der Waals surface area contributed by atoms with E-state index in [9.17, 15) is 19.5 Å². The van der Waals surface area contributed by atoms with Crippen LogP contribution in [0.4, 0.5) is 4.79 Å². The first-order valence-corrected chi connectivity index (χ1v) is 12.5. The maximum absolute atomic E-state index is 12.7. The molecule has 1 unspecified atom stereocenters. The molecule has 3 N–H and O–H groups in total. The number of ether oxygens (including phenoxy) is 1. The highest BCUT2D eigenvalue weighted by atomic mass is 32.2. The molecule has 0 aliphatic heterocycles. The van der Waals surface area contributed by atoms with E-state index >= 15 is 0 Å². The van der Waals surface area contributed by atoms with Crippen molar-refractivity contribution in [2.24, 2.45) is 0 Å². The lowest BCUT2D eigenvalue weighted by atomic mass is 9.98. The Morgan fingerprint density at radius 2 is 1.58 bits per heavy atom. The summed E-state index contributed by atoms with van der Waals surface area (Å²) >= 11 is 1.54. The zero-order valence-electron chi connectivity index (χ0n) is 18.9. The standard InChI is InChI=1S/C25H30N2O5S/c1-3-8-22(24(29)30)26-23(28)21(13-14-33-2)27-25(31)32-15-20-18-11-6-4-9-16(18)17-10-5-7-12-19(17)20/h4-7,9-12,20-22H,3,8,13-15H2,1-2H3,(H,26,28)(H,27,31)(H,29,30)/t21-,22?/m1/s1. The second-order valence-electron chi connectivity index (χ2n) is 7.99. The second kappa shape index (κ2) is 11.7. The minimum absolute atomic E-state index is 0.0810. The lowest BCUT2D eigenvalue weighted by molar-refractivity contribution is -0.142. The molecule has 1 aliphatic rings. The van der Waals surface area contributed by atoms with E-state index in [2.05, 4.69) is 22.8 Å². The third kappa shape index (κ3) is 6.07. The zero-order chi connectivity index (χ0) is 23.8. The van der Waals surface area contributed by atoms with E-state index in [1.807, 2.05) is 49.6 Å². The van der Waals surface area contributed by atoms with Crippen molar-refractivity contribution in [2.75, 3.05) is 18.6 Å². The Balaban J connectivity index is 1.65. The van der Waals surface area contributed by atoms with Crippen LogP contribution in [0, 0.1) is 0 Å². The van der Waals surface area contributed by atoms with Gasteiger partial charge in [0.25, 0.3) is 0 Å². The van der Waals surface area contributed by atoms with E-state index < -0.39 is 30.1 Å². The molecule has 0 heterocycles. The topological polar surface area (TPSA) is 105 Å². The molecule has 0 bridgehead atoms. The Morgan fingerprint density at radius 1 is 0.970 bits per heavy atom. The Hall–Kier alpha value is -3.00. The van der Waals surface area contributed by atoms with E-state index in [0.29, 0.717) is 25.0 Å². The van der Waals surface area contributed by atoms with Crippen molar-refractivity contribution < 1.29 is 24.2 Å². The minimum Gasteiger partial charge on any atom is -0.480 e. The number of carbonyl (C=O) groups is 3. The van der Waals surface area contributed by atoms with E-state index in [1.165, 1.54) is 11.8 Å². The molecule has 0 fully saturated rings. The highest BCUT2D eigenvalue weighted by Crippen LogP contribution is 2.44. The summed E-state index contributed by atoms with van der Waals surface area (Å²) in [5.74, 6) is -1.05. The van der Waals surface area contributed by atoms with Gasteiger partial charge in [-0.2, -0.15) is 11.8 Å². The maximum Gasteiger partial charge on any atom is 0.407 e. The summed E-state index contributed by atoms with van der Waals surface area (Å²) in [6.45, 7) is 1.99. The average molecular weight is 471 g/mol. The predicted molar refractivity (Wildman–Crippen MR) is 129 cm³/mol. The van der Waals surface area contributed by atoms with Gasteiger partial charge in [-0.05, 0) is 47.1 Å². The van der Waals surface area contributed by atoms with E-state index in [4.69, 9.17) is 4.74 Å². The molecule has 0 saturated carbocycles. The van der Waals surface area contributed by atoms with Crippen LogP contribution >= 0.6 is 11.8 Å². The summed E-state index contributed by atoms with van der Waals surface area (Å²) in [4.78, 5) is 36.7. The van der Waals surface area contributed by atoms with Crippen molar-refractivity contribution in [2.45, 2.75) is 44.2 Å². The van der Waals surface area contributed by atoms with Gasteiger partial charge in [0.15, 0.2) is 0 Å². The molecule has 8 heteroatoms. The van der Waals surface area contributed by atoms with Crippen molar-refractivity contribution in [3.8, 4) is 11.1 Å². The average Bonchev–Trinajstić information content (AvgIpc) is 3.13. The van der Waals surface area contributed by atoms with Gasteiger partial charge in [-0.15, -0.1) is 0 Å². The Bertz CT molecular complexity index is 951. The summed E-state index contributed by atoms with van der Waals surface area (Å²) in [7, 11) is 0. The first-order chi connectivity index (χ1) is 16.0. The molecule has 33 heavy (non-hydrogen) atoms. The second-order valence-corrected chi connectivity index (χ2v) is 8.98. The fourth-order valence-electron chi connectivity index (χ4n) is 4.11. The van der Waals surface area contributed by atoms with Crippen LogP contribution in [0.25, 0.3) is 11.1 Å². The van der Waals surface area contributed by atoms with Crippen LogP contribution in [-0.4, -0.2) is 53.8 Å². The lowest BCUT2D eigenvalue weighted by Gasteiger charge is -2.21. The smallest absolute Gasteiger partial charge is 0.407 e. The van der Waals surface area contributed by atoms with Crippen molar-refractivity contribution >= 4 is 29.7 Å². The van der Waals surface area contributed by atoms with Crippen LogP contribution in [-0.2, 0) is 14.3 Å². The number of rotatable bonds is 11. The van der Waals surface area contributed by atoms with Gasteiger partial charge in [0, 0.05) is 5.92 Å². The van der Waals surface area contributed by atoms with Crippen LogP contribution in [0.15, 0.2) is 48.5 Å². The number of hydrogen-bond donors (Lipinski definition) is 3. The molecule has 0 aromatic heterocycles. The summed E-state index contributed by atoms with van der Waals surface area (Å²) < 4.78 is 5.55. The number of fused-ring (bicyclic) bond motifs is 3. The summed E-state index contributed by atoms with van der Waals surface area (Å²) in [6, 6.07) is 14.3. The van der Waals surface area contributed by atoms with Crippen LogP contribution in [0.2, 0.25) is 0 Å². The number of hydrogen-bond acceptors (Lipinski definition) is 5. The molecule has 176 valence electrons. The number of carboxylic acid groups (broad SMARTS) is 1. The first kappa shape index (κ1) is 24.6. The van der Waals surface area contributed by atoms with Gasteiger partial charge >= 0.3 is 12.1 Å². The number of benzene rings is 2. The number of carboxylic acids is 1. The first-order valence-electron chi connectivity index (χ1n) is 11.1. The van der Waals surface area contributed by atoms with Crippen LogP contribution in [0.3, 0.4) is 0 Å². The third-order valence-electron chi connectivity index (χ3n) is 5.75. The number of carbonyl (C=O) groups excluding carboxylic acids is 2. The number of amides is 2. The molecular weight excluding hydrogens is 440 g/mol. The van der Waals surface area contributed by atoms with Gasteiger partial charge in [0.1, 0.15) is 18.7 Å². The van der Waals surface area contributed by atoms with Crippen LogP contribution in [0.5, 0.6) is 0 Å². The van der Waals surface area contributed by atoms with Gasteiger partial charge in [-0.3, -0.25) is 4.79 Å². The molecule has 2 aromatic carbocycles. The fraction of sp³-hybridized carbons (Fsp3) is 0.400. The number of alkyl carbamates (subject to hydrolysis) is 1. The molecule has 0 radical (unpaired) electrons. The fourth-order valence-corrected chi connectivity index (χ4v) is 4.58. The maximum atomic E-state index is 12.7. The number of thioether (sulfide) groups is 1. The molecule has 2 aromatic rings. The Morgan fingerprint density at radius 3 is 2.12 bits per heavy atom. The number of aliphatic carboxylic acids is 1. The van der Waals surface area contributed by atoms with Gasteiger partial charge in [-0.25, -0.2) is 9.59 Å². The van der Waals surface area contributed by atoms with Gasteiger partial charge in [-0.1, -0.05) is 61.9 Å². The minimum atomic E-state index is -1.09. The van der Waals surface area contributed by atoms with E-state index in [1.54, 1.807) is 0 Å². The summed E-state index contributed by atoms with van der Waals surface area (Å²) in [6.07, 6.45) is 2.52. The Kier molecular flexibility index (Phi) is 8.77. The molecule has 0 saturated heterocycles. The van der Waals surface area contributed by atoms with Crippen molar-refractivity contribution in [3.05, 3.63) is 59.7 Å². The Labute approximate surface area is 198 Å². The summed E-state index contributed by atoms with van der Waals surface area (Å²) in [5.41, 5.74) is 4.48. The summed E-state index contributed by atoms with van der Waals surface area (Å²) in [5, 5.41) is 14.5. The van der Waals surface area contributed by atoms with Crippen molar-refractivity contribution in [1.82, 2.24) is 10.6 Å². The molecule has 3 rings (SSSR count). The molecule has 2 atom stereocenters. The SMILES string of the molecule is CCCC(NC(=O)[C@@H](CCSC)NC(=O)OCC1c2ccccc2-c2ccccc21)C(=O)O. The van der Waals surface area contributed by atoms with Crippen LogP contribution < -0.4 is 10.6 Å². The zero-order valence-corrected chi connectivity index (χ0v) is 19.7. The van der Waals surface area contributed by atoms with Crippen molar-refractivity contribution in [1.29, 1.82) is 0 Å².